The summed E-state index contributed by atoms with van der Waals surface area (Å²) in [5.41, 5.74) is 0.388. The fourth-order valence-electron chi connectivity index (χ4n) is 1.66. The van der Waals surface area contributed by atoms with Gasteiger partial charge in [-0.25, -0.2) is 9.69 Å². The van der Waals surface area contributed by atoms with Crippen molar-refractivity contribution in [2.45, 2.75) is 0 Å². The van der Waals surface area contributed by atoms with Gasteiger partial charge in [-0.3, -0.25) is 4.79 Å². The smallest absolute Gasteiger partial charge is 0.303 e. The van der Waals surface area contributed by atoms with Crippen LogP contribution in [0.25, 0.3) is 0 Å². The van der Waals surface area contributed by atoms with E-state index in [1.165, 1.54) is 17.0 Å². The predicted octanol–water partition coefficient (Wildman–Crippen LogP) is 2.40. The number of urea groups is 1. The average molecular weight is 283 g/mol. The van der Waals surface area contributed by atoms with Crippen LogP contribution in [-0.2, 0) is 4.79 Å². The number of benzene rings is 1. The van der Waals surface area contributed by atoms with E-state index < -0.39 is 6.03 Å². The largest absolute Gasteiger partial charge is 0.332 e. The van der Waals surface area contributed by atoms with E-state index in [-0.39, 0.29) is 24.0 Å². The SMILES string of the molecule is C#CCN1CC(=O)N(c2ccc(Cl)c(Cl)c2)C1=O. The van der Waals surface area contributed by atoms with Gasteiger partial charge >= 0.3 is 6.03 Å². The standard InChI is InChI=1S/C12H8Cl2N2O2/c1-2-5-15-7-11(17)16(12(15)18)8-3-4-9(13)10(14)6-8/h1,3-4,6H,5,7H2. The Morgan fingerprint density at radius 2 is 2.00 bits per heavy atom. The summed E-state index contributed by atoms with van der Waals surface area (Å²) >= 11 is 11.6. The Labute approximate surface area is 114 Å². The molecule has 18 heavy (non-hydrogen) atoms. The minimum Gasteiger partial charge on any atom is -0.303 e. The molecule has 1 aromatic rings. The Morgan fingerprint density at radius 3 is 2.61 bits per heavy atom. The first kappa shape index (κ1) is 12.7. The van der Waals surface area contributed by atoms with Gasteiger partial charge in [0.1, 0.15) is 6.54 Å². The third-order valence-corrected chi connectivity index (χ3v) is 3.22. The first-order valence-electron chi connectivity index (χ1n) is 5.05. The maximum Gasteiger partial charge on any atom is 0.332 e. The molecule has 0 aliphatic carbocycles. The highest BCUT2D eigenvalue weighted by atomic mass is 35.5. The van der Waals surface area contributed by atoms with Crippen LogP contribution in [0.15, 0.2) is 18.2 Å². The van der Waals surface area contributed by atoms with E-state index in [9.17, 15) is 9.59 Å². The zero-order valence-corrected chi connectivity index (χ0v) is 10.7. The van der Waals surface area contributed by atoms with E-state index in [4.69, 9.17) is 29.6 Å². The van der Waals surface area contributed by atoms with Crippen LogP contribution in [0.1, 0.15) is 0 Å². The Kier molecular flexibility index (Phi) is 3.46. The van der Waals surface area contributed by atoms with Crippen LogP contribution in [0.2, 0.25) is 10.0 Å². The second-order valence-corrected chi connectivity index (χ2v) is 4.48. The van der Waals surface area contributed by atoms with Gasteiger partial charge in [-0.2, -0.15) is 0 Å². The highest BCUT2D eigenvalue weighted by molar-refractivity contribution is 6.42. The van der Waals surface area contributed by atoms with E-state index in [0.717, 1.165) is 4.90 Å². The number of rotatable bonds is 2. The molecule has 1 heterocycles. The molecule has 0 radical (unpaired) electrons. The number of carbonyl (C=O) groups is 2. The molecule has 6 heteroatoms. The normalized spacial score (nSPS) is 15.2. The Morgan fingerprint density at radius 1 is 1.28 bits per heavy atom. The van der Waals surface area contributed by atoms with Crippen LogP contribution in [0, 0.1) is 12.3 Å². The number of nitrogens with zero attached hydrogens (tertiary/aromatic N) is 2. The van der Waals surface area contributed by atoms with Crippen molar-refractivity contribution in [3.8, 4) is 12.3 Å². The van der Waals surface area contributed by atoms with Gasteiger partial charge < -0.3 is 4.90 Å². The van der Waals surface area contributed by atoms with Gasteiger partial charge in [-0.15, -0.1) is 6.42 Å². The Bertz CT molecular complexity index is 566. The summed E-state index contributed by atoms with van der Waals surface area (Å²) in [6.07, 6.45) is 5.13. The van der Waals surface area contributed by atoms with Crippen molar-refractivity contribution >= 4 is 40.8 Å². The average Bonchev–Trinajstić information content (AvgIpc) is 2.59. The summed E-state index contributed by atoms with van der Waals surface area (Å²) in [4.78, 5) is 26.1. The van der Waals surface area contributed by atoms with Crippen LogP contribution in [0.4, 0.5) is 10.5 Å². The number of carbonyl (C=O) groups excluding carboxylic acids is 2. The maximum atomic E-state index is 12.0. The molecule has 0 unspecified atom stereocenters. The summed E-state index contributed by atoms with van der Waals surface area (Å²) in [7, 11) is 0. The van der Waals surface area contributed by atoms with Crippen molar-refractivity contribution in [2.75, 3.05) is 18.0 Å². The summed E-state index contributed by atoms with van der Waals surface area (Å²) in [6.45, 7) is 0.0751. The van der Waals surface area contributed by atoms with E-state index in [1.807, 2.05) is 0 Å². The number of terminal acetylenes is 1. The van der Waals surface area contributed by atoms with Gasteiger partial charge in [0.15, 0.2) is 0 Å². The molecule has 0 bridgehead atoms. The summed E-state index contributed by atoms with van der Waals surface area (Å²) in [6, 6.07) is 4.11. The lowest BCUT2D eigenvalue weighted by molar-refractivity contribution is -0.116. The third-order valence-electron chi connectivity index (χ3n) is 2.48. The van der Waals surface area contributed by atoms with Crippen LogP contribution in [0.5, 0.6) is 0 Å². The fraction of sp³-hybridized carbons (Fsp3) is 0.167. The van der Waals surface area contributed by atoms with Gasteiger partial charge in [-0.1, -0.05) is 29.1 Å². The van der Waals surface area contributed by atoms with Crippen LogP contribution >= 0.6 is 23.2 Å². The highest BCUT2D eigenvalue weighted by Crippen LogP contribution is 2.29. The minimum absolute atomic E-state index is 0.0245. The molecule has 0 saturated carbocycles. The molecule has 2 rings (SSSR count). The third kappa shape index (κ3) is 2.15. The molecular formula is C12H8Cl2N2O2. The first-order valence-corrected chi connectivity index (χ1v) is 5.80. The van der Waals surface area contributed by atoms with Gasteiger partial charge in [0.25, 0.3) is 5.91 Å². The maximum absolute atomic E-state index is 12.0. The van der Waals surface area contributed by atoms with Crippen molar-refractivity contribution in [1.82, 2.24) is 4.90 Å². The van der Waals surface area contributed by atoms with E-state index >= 15 is 0 Å². The Balaban J connectivity index is 2.33. The van der Waals surface area contributed by atoms with Crippen LogP contribution in [-0.4, -0.2) is 29.9 Å². The predicted molar refractivity (Wildman–Crippen MR) is 69.8 cm³/mol. The molecular weight excluding hydrogens is 275 g/mol. The topological polar surface area (TPSA) is 40.6 Å². The van der Waals surface area contributed by atoms with Crippen molar-refractivity contribution in [2.24, 2.45) is 0 Å². The van der Waals surface area contributed by atoms with E-state index in [0.29, 0.717) is 10.7 Å². The number of hydrogen-bond donors (Lipinski definition) is 0. The van der Waals surface area contributed by atoms with E-state index in [2.05, 4.69) is 5.92 Å². The van der Waals surface area contributed by atoms with Crippen molar-refractivity contribution < 1.29 is 9.59 Å². The number of halogens is 2. The molecule has 0 aromatic heterocycles. The summed E-state index contributed by atoms with van der Waals surface area (Å²) in [5.74, 6) is 1.99. The number of hydrogen-bond acceptors (Lipinski definition) is 2. The highest BCUT2D eigenvalue weighted by Gasteiger charge is 2.36. The van der Waals surface area contributed by atoms with E-state index in [1.54, 1.807) is 6.07 Å². The number of imide groups is 1. The first-order chi connectivity index (χ1) is 8.54. The summed E-state index contributed by atoms with van der Waals surface area (Å²) < 4.78 is 0. The summed E-state index contributed by atoms with van der Waals surface area (Å²) in [5, 5.41) is 0.644. The second-order valence-electron chi connectivity index (χ2n) is 3.67. The lowest BCUT2D eigenvalue weighted by atomic mass is 10.3. The molecule has 92 valence electrons. The Hall–Kier alpha value is -1.70. The molecule has 1 aliphatic heterocycles. The molecule has 1 aliphatic rings. The minimum atomic E-state index is -0.448. The second kappa shape index (κ2) is 4.89. The van der Waals surface area contributed by atoms with Crippen molar-refractivity contribution in [3.63, 3.8) is 0 Å². The molecule has 0 N–H and O–H groups in total. The molecule has 1 aromatic carbocycles. The molecule has 1 saturated heterocycles. The lowest BCUT2D eigenvalue weighted by Crippen LogP contribution is -2.33. The zero-order chi connectivity index (χ0) is 13.3. The number of anilines is 1. The lowest BCUT2D eigenvalue weighted by Gasteiger charge is -2.15. The quantitative estimate of drug-likeness (QED) is 0.617. The van der Waals surface area contributed by atoms with Crippen molar-refractivity contribution in [3.05, 3.63) is 28.2 Å². The van der Waals surface area contributed by atoms with Gasteiger partial charge in [0.2, 0.25) is 0 Å². The molecule has 3 amide bonds. The molecule has 0 atom stereocenters. The zero-order valence-electron chi connectivity index (χ0n) is 9.19. The molecule has 4 nitrogen and oxygen atoms in total. The van der Waals surface area contributed by atoms with Gasteiger partial charge in [0.05, 0.1) is 22.3 Å². The molecule has 0 spiro atoms. The van der Waals surface area contributed by atoms with Crippen molar-refractivity contribution in [1.29, 1.82) is 0 Å². The number of amides is 3. The van der Waals surface area contributed by atoms with Crippen LogP contribution in [0.3, 0.4) is 0 Å². The fourth-order valence-corrected chi connectivity index (χ4v) is 1.95. The monoisotopic (exact) mass is 282 g/mol. The van der Waals surface area contributed by atoms with Gasteiger partial charge in [-0.05, 0) is 18.2 Å². The van der Waals surface area contributed by atoms with Crippen LogP contribution < -0.4 is 4.90 Å². The van der Waals surface area contributed by atoms with Gasteiger partial charge in [0, 0.05) is 0 Å². The molecule has 1 fully saturated rings.